The number of amides is 1. The van der Waals surface area contributed by atoms with Gasteiger partial charge in [-0.05, 0) is 66.8 Å². The lowest BCUT2D eigenvalue weighted by Crippen LogP contribution is -2.40. The third-order valence-corrected chi connectivity index (χ3v) is 6.59. The molecule has 0 bridgehead atoms. The number of rotatable bonds is 6. The highest BCUT2D eigenvalue weighted by molar-refractivity contribution is 5.77. The van der Waals surface area contributed by atoms with Gasteiger partial charge in [0.1, 0.15) is 0 Å². The summed E-state index contributed by atoms with van der Waals surface area (Å²) < 4.78 is 6.07. The number of piperidine rings is 1. The Kier molecular flexibility index (Phi) is 6.23. The fourth-order valence-electron chi connectivity index (χ4n) is 4.69. The van der Waals surface area contributed by atoms with Gasteiger partial charge < -0.3 is 10.2 Å². The van der Waals surface area contributed by atoms with Gasteiger partial charge in [0, 0.05) is 24.2 Å². The molecule has 6 nitrogen and oxygen atoms in total. The Morgan fingerprint density at radius 2 is 1.68 bits per heavy atom. The van der Waals surface area contributed by atoms with E-state index in [9.17, 15) is 4.79 Å². The fraction of sp³-hybridized carbons (Fsp3) is 0.250. The second-order valence-corrected chi connectivity index (χ2v) is 8.93. The second-order valence-electron chi connectivity index (χ2n) is 8.93. The van der Waals surface area contributed by atoms with Crippen molar-refractivity contribution in [2.45, 2.75) is 26.3 Å². The standard InChI is InChI=1S/C28H28N4O2/c1-19-24(21-7-3-2-4-8-21)10-5-11-25(19)28-31-30-27(34-28)22-14-12-20(13-15-22)17-32-16-6-9-23(18-32)26(29)33/h2-5,7-8,10-15,23H,6,9,16-18H2,1H3,(H2,29,33). The van der Waals surface area contributed by atoms with Gasteiger partial charge in [0.25, 0.3) is 0 Å². The molecule has 1 aliphatic rings. The third-order valence-electron chi connectivity index (χ3n) is 6.59. The van der Waals surface area contributed by atoms with Crippen LogP contribution in [0.3, 0.4) is 0 Å². The molecule has 0 saturated carbocycles. The number of hydrogen-bond donors (Lipinski definition) is 1. The van der Waals surface area contributed by atoms with Gasteiger partial charge in [0.05, 0.1) is 5.92 Å². The minimum atomic E-state index is -0.197. The number of nitrogens with two attached hydrogens (primary N) is 1. The molecule has 0 spiro atoms. The van der Waals surface area contributed by atoms with Crippen LogP contribution in [0, 0.1) is 12.8 Å². The van der Waals surface area contributed by atoms with Crippen LogP contribution in [0.1, 0.15) is 24.0 Å². The van der Waals surface area contributed by atoms with E-state index in [0.29, 0.717) is 11.8 Å². The number of aromatic nitrogens is 2. The van der Waals surface area contributed by atoms with Crippen LogP contribution < -0.4 is 5.73 Å². The van der Waals surface area contributed by atoms with Gasteiger partial charge in [-0.15, -0.1) is 10.2 Å². The summed E-state index contributed by atoms with van der Waals surface area (Å²) in [5, 5.41) is 8.63. The number of carbonyl (C=O) groups excluding carboxylic acids is 1. The molecule has 1 unspecified atom stereocenters. The summed E-state index contributed by atoms with van der Waals surface area (Å²) in [4.78, 5) is 13.8. The van der Waals surface area contributed by atoms with E-state index in [1.165, 1.54) is 5.56 Å². The van der Waals surface area contributed by atoms with Crippen molar-refractivity contribution >= 4 is 5.91 Å². The second kappa shape index (κ2) is 9.61. The van der Waals surface area contributed by atoms with Crippen LogP contribution >= 0.6 is 0 Å². The van der Waals surface area contributed by atoms with E-state index in [0.717, 1.165) is 60.3 Å². The van der Waals surface area contributed by atoms with Crippen LogP contribution in [0.5, 0.6) is 0 Å². The van der Waals surface area contributed by atoms with E-state index in [4.69, 9.17) is 10.2 Å². The van der Waals surface area contributed by atoms with Crippen molar-refractivity contribution in [3.05, 3.63) is 83.9 Å². The van der Waals surface area contributed by atoms with Crippen LogP contribution in [-0.2, 0) is 11.3 Å². The summed E-state index contributed by atoms with van der Waals surface area (Å²) in [5.41, 5.74) is 11.9. The summed E-state index contributed by atoms with van der Waals surface area (Å²) in [6.45, 7) is 4.59. The fourth-order valence-corrected chi connectivity index (χ4v) is 4.69. The Labute approximate surface area is 199 Å². The average Bonchev–Trinajstić information content (AvgIpc) is 3.35. The first kappa shape index (κ1) is 22.0. The Morgan fingerprint density at radius 3 is 2.44 bits per heavy atom. The maximum Gasteiger partial charge on any atom is 0.248 e. The van der Waals surface area contributed by atoms with E-state index >= 15 is 0 Å². The molecule has 3 aromatic carbocycles. The summed E-state index contributed by atoms with van der Waals surface area (Å²) in [5.74, 6) is 0.767. The van der Waals surface area contributed by atoms with Crippen LogP contribution in [0.2, 0.25) is 0 Å². The Morgan fingerprint density at radius 1 is 0.941 bits per heavy atom. The lowest BCUT2D eigenvalue weighted by atomic mass is 9.96. The highest BCUT2D eigenvalue weighted by Gasteiger charge is 2.24. The van der Waals surface area contributed by atoms with Gasteiger partial charge >= 0.3 is 0 Å². The Balaban J connectivity index is 1.32. The van der Waals surface area contributed by atoms with E-state index < -0.39 is 0 Å². The van der Waals surface area contributed by atoms with E-state index in [2.05, 4.69) is 52.4 Å². The van der Waals surface area contributed by atoms with Gasteiger partial charge in [-0.1, -0.05) is 54.6 Å². The molecule has 1 aliphatic heterocycles. The molecular weight excluding hydrogens is 424 g/mol. The summed E-state index contributed by atoms with van der Waals surface area (Å²) in [6.07, 6.45) is 1.89. The molecule has 1 fully saturated rings. The number of hydrogen-bond acceptors (Lipinski definition) is 5. The normalized spacial score (nSPS) is 16.4. The maximum absolute atomic E-state index is 11.5. The van der Waals surface area contributed by atoms with Gasteiger partial charge in [0.2, 0.25) is 17.7 Å². The quantitative estimate of drug-likeness (QED) is 0.441. The van der Waals surface area contributed by atoms with Gasteiger partial charge in [0.15, 0.2) is 0 Å². The maximum atomic E-state index is 11.5. The smallest absolute Gasteiger partial charge is 0.248 e. The van der Waals surface area contributed by atoms with Crippen molar-refractivity contribution < 1.29 is 9.21 Å². The first-order valence-corrected chi connectivity index (χ1v) is 11.7. The molecular formula is C28H28N4O2. The number of benzene rings is 3. The molecule has 172 valence electrons. The molecule has 2 heterocycles. The van der Waals surface area contributed by atoms with E-state index in [1.54, 1.807) is 0 Å². The molecule has 6 heteroatoms. The number of nitrogens with zero attached hydrogens (tertiary/aromatic N) is 3. The Bertz CT molecular complexity index is 1280. The third kappa shape index (κ3) is 4.63. The van der Waals surface area contributed by atoms with Crippen LogP contribution in [0.4, 0.5) is 0 Å². The SMILES string of the molecule is Cc1c(-c2ccccc2)cccc1-c1nnc(-c2ccc(CN3CCCC(C(N)=O)C3)cc2)o1. The molecule has 5 rings (SSSR count). The lowest BCUT2D eigenvalue weighted by molar-refractivity contribution is -0.123. The van der Waals surface area contributed by atoms with Crippen LogP contribution in [0.15, 0.2) is 77.2 Å². The first-order chi connectivity index (χ1) is 16.6. The van der Waals surface area contributed by atoms with Crippen molar-refractivity contribution in [3.8, 4) is 34.0 Å². The van der Waals surface area contributed by atoms with Crippen molar-refractivity contribution in [1.29, 1.82) is 0 Å². The van der Waals surface area contributed by atoms with E-state index in [1.807, 2.05) is 42.5 Å². The highest BCUT2D eigenvalue weighted by atomic mass is 16.4. The zero-order valence-electron chi connectivity index (χ0n) is 19.3. The highest BCUT2D eigenvalue weighted by Crippen LogP contribution is 2.32. The first-order valence-electron chi connectivity index (χ1n) is 11.7. The molecule has 1 aromatic heterocycles. The summed E-state index contributed by atoms with van der Waals surface area (Å²) in [6, 6.07) is 24.6. The number of carbonyl (C=O) groups is 1. The van der Waals surface area contributed by atoms with Crippen LogP contribution in [-0.4, -0.2) is 34.1 Å². The van der Waals surface area contributed by atoms with Gasteiger partial charge in [-0.3, -0.25) is 9.69 Å². The van der Waals surface area contributed by atoms with Gasteiger partial charge in [-0.25, -0.2) is 0 Å². The predicted octanol–water partition coefficient (Wildman–Crippen LogP) is 5.08. The predicted molar refractivity (Wildman–Crippen MR) is 133 cm³/mol. The molecule has 4 aromatic rings. The van der Waals surface area contributed by atoms with Crippen molar-refractivity contribution in [1.82, 2.24) is 15.1 Å². The average molecular weight is 453 g/mol. The number of likely N-dealkylation sites (tertiary alicyclic amines) is 1. The number of primary amides is 1. The van der Waals surface area contributed by atoms with Crippen LogP contribution in [0.25, 0.3) is 34.0 Å². The van der Waals surface area contributed by atoms with Crippen molar-refractivity contribution in [2.24, 2.45) is 11.7 Å². The largest absolute Gasteiger partial charge is 0.416 e. The summed E-state index contributed by atoms with van der Waals surface area (Å²) >= 11 is 0. The Hall–Kier alpha value is -3.77. The zero-order valence-corrected chi connectivity index (χ0v) is 19.3. The lowest BCUT2D eigenvalue weighted by Gasteiger charge is -2.31. The topological polar surface area (TPSA) is 85.3 Å². The molecule has 1 amide bonds. The molecule has 2 N–H and O–H groups in total. The molecule has 0 aliphatic carbocycles. The van der Waals surface area contributed by atoms with Crippen molar-refractivity contribution in [3.63, 3.8) is 0 Å². The van der Waals surface area contributed by atoms with E-state index in [-0.39, 0.29) is 11.8 Å². The minimum absolute atomic E-state index is 0.0475. The molecule has 1 saturated heterocycles. The monoisotopic (exact) mass is 452 g/mol. The minimum Gasteiger partial charge on any atom is -0.416 e. The summed E-state index contributed by atoms with van der Waals surface area (Å²) in [7, 11) is 0. The van der Waals surface area contributed by atoms with Crippen molar-refractivity contribution in [2.75, 3.05) is 13.1 Å². The zero-order chi connectivity index (χ0) is 23.5. The molecule has 0 radical (unpaired) electrons. The van der Waals surface area contributed by atoms with Gasteiger partial charge in [-0.2, -0.15) is 0 Å². The molecule has 34 heavy (non-hydrogen) atoms. The molecule has 1 atom stereocenters.